The Bertz CT molecular complexity index is 515. The van der Waals surface area contributed by atoms with E-state index in [1.54, 1.807) is 18.2 Å². The third-order valence-electron chi connectivity index (χ3n) is 3.44. The number of carbonyl (C=O) groups excluding carboxylic acids is 1. The molecule has 2 amide bonds. The highest BCUT2D eigenvalue weighted by molar-refractivity contribution is 9.10. The van der Waals surface area contributed by atoms with E-state index in [-0.39, 0.29) is 6.03 Å². The summed E-state index contributed by atoms with van der Waals surface area (Å²) in [4.78, 5) is 12.3. The average molecular weight is 356 g/mol. The van der Waals surface area contributed by atoms with E-state index in [9.17, 15) is 4.79 Å². The van der Waals surface area contributed by atoms with Gasteiger partial charge in [0.25, 0.3) is 0 Å². The van der Waals surface area contributed by atoms with E-state index in [4.69, 9.17) is 18.0 Å². The average Bonchev–Trinajstić information content (AvgIpc) is 2.42. The van der Waals surface area contributed by atoms with Crippen molar-refractivity contribution in [3.63, 3.8) is 0 Å². The fourth-order valence-electron chi connectivity index (χ4n) is 2.36. The molecular formula is C14H18BrN3OS. The Morgan fingerprint density at radius 3 is 2.60 bits per heavy atom. The van der Waals surface area contributed by atoms with Gasteiger partial charge in [-0.1, -0.05) is 31.5 Å². The Kier molecular flexibility index (Phi) is 5.37. The summed E-state index contributed by atoms with van der Waals surface area (Å²) in [6.45, 7) is 0. The van der Waals surface area contributed by atoms with Gasteiger partial charge in [0, 0.05) is 16.1 Å². The van der Waals surface area contributed by atoms with Crippen LogP contribution in [0.15, 0.2) is 22.7 Å². The SMILES string of the molecule is NC(=S)c1ccc(NC(=O)NC2CCCCC2)c(Br)c1. The van der Waals surface area contributed by atoms with Gasteiger partial charge in [-0.2, -0.15) is 0 Å². The lowest BCUT2D eigenvalue weighted by atomic mass is 9.96. The molecule has 1 aromatic rings. The zero-order valence-electron chi connectivity index (χ0n) is 11.1. The highest BCUT2D eigenvalue weighted by Gasteiger charge is 2.16. The molecule has 1 fully saturated rings. The molecule has 0 unspecified atom stereocenters. The van der Waals surface area contributed by atoms with E-state index in [0.29, 0.717) is 16.7 Å². The van der Waals surface area contributed by atoms with Crippen molar-refractivity contribution in [1.82, 2.24) is 5.32 Å². The molecule has 0 spiro atoms. The van der Waals surface area contributed by atoms with Crippen LogP contribution in [0, 0.1) is 0 Å². The summed E-state index contributed by atoms with van der Waals surface area (Å²) in [5.74, 6) is 0. The van der Waals surface area contributed by atoms with E-state index in [1.807, 2.05) is 0 Å². The maximum Gasteiger partial charge on any atom is 0.319 e. The molecule has 108 valence electrons. The van der Waals surface area contributed by atoms with Crippen molar-refractivity contribution in [2.75, 3.05) is 5.32 Å². The summed E-state index contributed by atoms with van der Waals surface area (Å²) in [5.41, 5.74) is 7.04. The van der Waals surface area contributed by atoms with Crippen LogP contribution in [0.3, 0.4) is 0 Å². The quantitative estimate of drug-likeness (QED) is 0.726. The van der Waals surface area contributed by atoms with Crippen LogP contribution in [0.1, 0.15) is 37.7 Å². The van der Waals surface area contributed by atoms with Crippen molar-refractivity contribution >= 4 is 44.9 Å². The van der Waals surface area contributed by atoms with Crippen LogP contribution in [0.4, 0.5) is 10.5 Å². The number of urea groups is 1. The molecule has 0 atom stereocenters. The number of carbonyl (C=O) groups is 1. The summed E-state index contributed by atoms with van der Waals surface area (Å²) in [6.07, 6.45) is 5.78. The number of benzene rings is 1. The third-order valence-corrected chi connectivity index (χ3v) is 4.33. The molecule has 2 rings (SSSR count). The number of thiocarbonyl (C=S) groups is 1. The minimum absolute atomic E-state index is 0.166. The van der Waals surface area contributed by atoms with E-state index in [0.717, 1.165) is 22.9 Å². The molecule has 6 heteroatoms. The third kappa shape index (κ3) is 4.18. The number of anilines is 1. The predicted octanol–water partition coefficient (Wildman–Crippen LogP) is 3.54. The van der Waals surface area contributed by atoms with Crippen LogP contribution in [0.2, 0.25) is 0 Å². The van der Waals surface area contributed by atoms with Gasteiger partial charge in [0.05, 0.1) is 5.69 Å². The molecule has 0 heterocycles. The highest BCUT2D eigenvalue weighted by Crippen LogP contribution is 2.24. The van der Waals surface area contributed by atoms with Gasteiger partial charge in [-0.25, -0.2) is 4.79 Å². The normalized spacial score (nSPS) is 15.7. The molecule has 1 saturated carbocycles. The molecule has 4 nitrogen and oxygen atoms in total. The molecule has 1 aliphatic rings. The number of nitrogens with two attached hydrogens (primary N) is 1. The standard InChI is InChI=1S/C14H18BrN3OS/c15-11-8-9(13(16)20)6-7-12(11)18-14(19)17-10-4-2-1-3-5-10/h6-8,10H,1-5H2,(H2,16,20)(H2,17,18,19). The molecule has 0 saturated heterocycles. The van der Waals surface area contributed by atoms with E-state index in [1.165, 1.54) is 19.3 Å². The number of amides is 2. The van der Waals surface area contributed by atoms with Crippen LogP contribution in [-0.2, 0) is 0 Å². The molecule has 4 N–H and O–H groups in total. The van der Waals surface area contributed by atoms with Gasteiger partial charge in [0.1, 0.15) is 4.99 Å². The van der Waals surface area contributed by atoms with Gasteiger partial charge >= 0.3 is 6.03 Å². The zero-order valence-corrected chi connectivity index (χ0v) is 13.5. The number of hydrogen-bond donors (Lipinski definition) is 3. The van der Waals surface area contributed by atoms with Crippen LogP contribution < -0.4 is 16.4 Å². The summed E-state index contributed by atoms with van der Waals surface area (Å²) in [7, 11) is 0. The van der Waals surface area contributed by atoms with Gasteiger partial charge in [0.15, 0.2) is 0 Å². The Morgan fingerprint density at radius 1 is 1.30 bits per heavy atom. The lowest BCUT2D eigenvalue weighted by Crippen LogP contribution is -2.39. The first-order valence-corrected chi connectivity index (χ1v) is 7.93. The van der Waals surface area contributed by atoms with Crippen molar-refractivity contribution in [2.45, 2.75) is 38.1 Å². The topological polar surface area (TPSA) is 67.1 Å². The van der Waals surface area contributed by atoms with Gasteiger partial charge in [-0.15, -0.1) is 0 Å². The molecule has 1 aliphatic carbocycles. The maximum atomic E-state index is 12.0. The number of halogens is 1. The summed E-state index contributed by atoms with van der Waals surface area (Å²) in [6, 6.07) is 5.51. The van der Waals surface area contributed by atoms with Crippen molar-refractivity contribution in [2.24, 2.45) is 5.73 Å². The molecule has 0 bridgehead atoms. The van der Waals surface area contributed by atoms with E-state index < -0.39 is 0 Å². The van der Waals surface area contributed by atoms with Crippen LogP contribution in [0.5, 0.6) is 0 Å². The number of nitrogens with one attached hydrogen (secondary N) is 2. The minimum atomic E-state index is -0.166. The fraction of sp³-hybridized carbons (Fsp3) is 0.429. The Balaban J connectivity index is 1.95. The summed E-state index contributed by atoms with van der Waals surface area (Å²) < 4.78 is 0.765. The summed E-state index contributed by atoms with van der Waals surface area (Å²) >= 11 is 8.33. The second-order valence-corrected chi connectivity index (χ2v) is 6.29. The van der Waals surface area contributed by atoms with Crippen molar-refractivity contribution in [3.8, 4) is 0 Å². The Morgan fingerprint density at radius 2 is 2.00 bits per heavy atom. The monoisotopic (exact) mass is 355 g/mol. The van der Waals surface area contributed by atoms with Crippen LogP contribution in [0.25, 0.3) is 0 Å². The number of rotatable bonds is 3. The lowest BCUT2D eigenvalue weighted by Gasteiger charge is -2.23. The second kappa shape index (κ2) is 7.04. The first-order chi connectivity index (χ1) is 9.56. The van der Waals surface area contributed by atoms with Crippen molar-refractivity contribution in [1.29, 1.82) is 0 Å². The minimum Gasteiger partial charge on any atom is -0.389 e. The van der Waals surface area contributed by atoms with Crippen molar-refractivity contribution < 1.29 is 4.79 Å². The van der Waals surface area contributed by atoms with Crippen LogP contribution >= 0.6 is 28.1 Å². The molecule has 0 aromatic heterocycles. The second-order valence-electron chi connectivity index (χ2n) is 4.99. The van der Waals surface area contributed by atoms with Gasteiger partial charge in [-0.05, 0) is 47.0 Å². The smallest absolute Gasteiger partial charge is 0.319 e. The fourth-order valence-corrected chi connectivity index (χ4v) is 2.97. The van der Waals surface area contributed by atoms with E-state index >= 15 is 0 Å². The van der Waals surface area contributed by atoms with E-state index in [2.05, 4.69) is 26.6 Å². The highest BCUT2D eigenvalue weighted by atomic mass is 79.9. The number of hydrogen-bond acceptors (Lipinski definition) is 2. The molecule has 1 aromatic carbocycles. The van der Waals surface area contributed by atoms with Crippen molar-refractivity contribution in [3.05, 3.63) is 28.2 Å². The molecule has 20 heavy (non-hydrogen) atoms. The lowest BCUT2D eigenvalue weighted by molar-refractivity contribution is 0.244. The van der Waals surface area contributed by atoms with Crippen LogP contribution in [-0.4, -0.2) is 17.1 Å². The molecule has 0 aliphatic heterocycles. The molecular weight excluding hydrogens is 338 g/mol. The first-order valence-electron chi connectivity index (χ1n) is 6.73. The predicted molar refractivity (Wildman–Crippen MR) is 89.1 cm³/mol. The zero-order chi connectivity index (χ0) is 14.5. The first kappa shape index (κ1) is 15.3. The van der Waals surface area contributed by atoms with Gasteiger partial charge in [0.2, 0.25) is 0 Å². The van der Waals surface area contributed by atoms with Gasteiger partial charge < -0.3 is 16.4 Å². The summed E-state index contributed by atoms with van der Waals surface area (Å²) in [5, 5.41) is 5.85. The van der Waals surface area contributed by atoms with Gasteiger partial charge in [-0.3, -0.25) is 0 Å². The molecule has 0 radical (unpaired) electrons. The Hall–Kier alpha value is -1.14. The Labute approximate surface area is 132 Å². The largest absolute Gasteiger partial charge is 0.389 e. The maximum absolute atomic E-state index is 12.0.